The number of nitrogens with one attached hydrogen (secondary N) is 1. The van der Waals surface area contributed by atoms with Crippen molar-refractivity contribution in [2.75, 3.05) is 13.7 Å². The summed E-state index contributed by atoms with van der Waals surface area (Å²) in [5.74, 6) is -1.46. The molecule has 0 aliphatic heterocycles. The Morgan fingerprint density at radius 3 is 2.21 bits per heavy atom. The third-order valence-electron chi connectivity index (χ3n) is 1.69. The van der Waals surface area contributed by atoms with Gasteiger partial charge < -0.3 is 15.2 Å². The Balaban J connectivity index is 4.40. The fourth-order valence-corrected chi connectivity index (χ4v) is 0.982. The van der Waals surface area contributed by atoms with Gasteiger partial charge in [-0.25, -0.2) is 4.79 Å². The summed E-state index contributed by atoms with van der Waals surface area (Å²) in [6.07, 6.45) is 0. The number of rotatable bonds is 4. The van der Waals surface area contributed by atoms with Gasteiger partial charge in [-0.2, -0.15) is 0 Å². The van der Waals surface area contributed by atoms with Crippen LogP contribution in [0.2, 0.25) is 0 Å². The number of carboxylic acids is 1. The zero-order valence-corrected chi connectivity index (χ0v) is 8.96. The number of carbonyl (C=O) groups excluding carboxylic acids is 1. The lowest BCUT2D eigenvalue weighted by Gasteiger charge is -2.27. The molecule has 0 spiro atoms. The fourth-order valence-electron chi connectivity index (χ4n) is 0.982. The van der Waals surface area contributed by atoms with Gasteiger partial charge in [0.1, 0.15) is 12.6 Å². The first-order valence-electron chi connectivity index (χ1n) is 4.30. The highest BCUT2D eigenvalue weighted by molar-refractivity contribution is 5.84. The Kier molecular flexibility index (Phi) is 4.56. The van der Waals surface area contributed by atoms with Crippen LogP contribution in [0.4, 0.5) is 0 Å². The minimum absolute atomic E-state index is 0.125. The quantitative estimate of drug-likeness (QED) is 0.686. The zero-order chi connectivity index (χ0) is 11.4. The lowest BCUT2D eigenvalue weighted by molar-refractivity contribution is -0.145. The van der Waals surface area contributed by atoms with Crippen LogP contribution >= 0.6 is 0 Å². The molecule has 14 heavy (non-hydrogen) atoms. The number of hydrogen-bond donors (Lipinski definition) is 2. The first-order valence-corrected chi connectivity index (χ1v) is 4.30. The van der Waals surface area contributed by atoms with E-state index in [4.69, 9.17) is 5.11 Å². The average Bonchev–Trinajstić information content (AvgIpc) is 1.98. The van der Waals surface area contributed by atoms with Crippen LogP contribution in [0, 0.1) is 5.41 Å². The van der Waals surface area contributed by atoms with E-state index < -0.39 is 23.3 Å². The molecule has 2 N–H and O–H groups in total. The monoisotopic (exact) mass is 203 g/mol. The molecule has 0 bridgehead atoms. The number of carbonyl (C=O) groups is 2. The highest BCUT2D eigenvalue weighted by atomic mass is 16.5. The van der Waals surface area contributed by atoms with Crippen LogP contribution < -0.4 is 5.32 Å². The van der Waals surface area contributed by atoms with Gasteiger partial charge in [0, 0.05) is 7.11 Å². The normalized spacial score (nSPS) is 13.4. The largest absolute Gasteiger partial charge is 0.480 e. The molecule has 5 nitrogen and oxygen atoms in total. The second-order valence-corrected chi connectivity index (χ2v) is 4.14. The summed E-state index contributed by atoms with van der Waals surface area (Å²) < 4.78 is 4.59. The topological polar surface area (TPSA) is 75.6 Å². The predicted octanol–water partition coefficient (Wildman–Crippen LogP) is 0.248. The van der Waals surface area contributed by atoms with Crippen molar-refractivity contribution in [3.8, 4) is 0 Å². The summed E-state index contributed by atoms with van der Waals surface area (Å²) in [5, 5.41) is 11.3. The third-order valence-corrected chi connectivity index (χ3v) is 1.69. The summed E-state index contributed by atoms with van der Waals surface area (Å²) in [7, 11) is 1.38. The lowest BCUT2D eigenvalue weighted by Crippen LogP contribution is -2.50. The van der Waals surface area contributed by atoms with E-state index in [1.54, 1.807) is 20.8 Å². The molecule has 0 aromatic heterocycles. The second-order valence-electron chi connectivity index (χ2n) is 4.14. The van der Waals surface area contributed by atoms with E-state index in [2.05, 4.69) is 10.1 Å². The SMILES string of the molecule is COCC(=O)NC(C(=O)O)C(C)(C)C. The minimum atomic E-state index is -1.04. The zero-order valence-electron chi connectivity index (χ0n) is 8.96. The van der Waals surface area contributed by atoms with Gasteiger partial charge >= 0.3 is 5.97 Å². The standard InChI is InChI=1S/C9H17NO4/c1-9(2,3)7(8(12)13)10-6(11)5-14-4/h7H,5H2,1-4H3,(H,10,11)(H,12,13). The lowest BCUT2D eigenvalue weighted by atomic mass is 9.87. The van der Waals surface area contributed by atoms with Gasteiger partial charge in [-0.05, 0) is 5.41 Å². The first kappa shape index (κ1) is 12.9. The van der Waals surface area contributed by atoms with E-state index in [-0.39, 0.29) is 6.61 Å². The van der Waals surface area contributed by atoms with E-state index in [0.717, 1.165) is 0 Å². The molecule has 0 heterocycles. The van der Waals surface area contributed by atoms with Gasteiger partial charge in [0.15, 0.2) is 0 Å². The first-order chi connectivity index (χ1) is 6.29. The van der Waals surface area contributed by atoms with E-state index >= 15 is 0 Å². The van der Waals surface area contributed by atoms with Gasteiger partial charge in [0.05, 0.1) is 0 Å². The fraction of sp³-hybridized carbons (Fsp3) is 0.778. The molecule has 0 aromatic carbocycles. The molecule has 82 valence electrons. The minimum Gasteiger partial charge on any atom is -0.480 e. The number of hydrogen-bond acceptors (Lipinski definition) is 3. The molecule has 0 aliphatic carbocycles. The molecule has 0 radical (unpaired) electrons. The van der Waals surface area contributed by atoms with Crippen molar-refractivity contribution in [1.29, 1.82) is 0 Å². The molecule has 0 fully saturated rings. The van der Waals surface area contributed by atoms with Crippen LogP contribution in [0.5, 0.6) is 0 Å². The highest BCUT2D eigenvalue weighted by Gasteiger charge is 2.32. The van der Waals surface area contributed by atoms with Crippen LogP contribution in [-0.4, -0.2) is 36.7 Å². The van der Waals surface area contributed by atoms with Gasteiger partial charge in [-0.15, -0.1) is 0 Å². The molecule has 1 amide bonds. The Hall–Kier alpha value is -1.10. The Bertz CT molecular complexity index is 219. The molecule has 0 aromatic rings. The Morgan fingerprint density at radius 2 is 1.93 bits per heavy atom. The van der Waals surface area contributed by atoms with Crippen LogP contribution in [0.15, 0.2) is 0 Å². The molecular formula is C9H17NO4. The van der Waals surface area contributed by atoms with Gasteiger partial charge in [-0.3, -0.25) is 4.79 Å². The Labute approximate surface area is 83.4 Å². The van der Waals surface area contributed by atoms with Crippen molar-refractivity contribution in [2.24, 2.45) is 5.41 Å². The highest BCUT2D eigenvalue weighted by Crippen LogP contribution is 2.19. The second kappa shape index (κ2) is 4.95. The maximum absolute atomic E-state index is 11.1. The average molecular weight is 203 g/mol. The summed E-state index contributed by atoms with van der Waals surface area (Å²) in [4.78, 5) is 21.9. The summed E-state index contributed by atoms with van der Waals surface area (Å²) in [5.41, 5.74) is -0.519. The summed E-state index contributed by atoms with van der Waals surface area (Å²) in [6, 6.07) is -0.898. The molecular weight excluding hydrogens is 186 g/mol. The van der Waals surface area contributed by atoms with Crippen LogP contribution in [-0.2, 0) is 14.3 Å². The van der Waals surface area contributed by atoms with Crippen LogP contribution in [0.25, 0.3) is 0 Å². The molecule has 0 rings (SSSR count). The van der Waals surface area contributed by atoms with Crippen molar-refractivity contribution in [3.63, 3.8) is 0 Å². The van der Waals surface area contributed by atoms with Crippen LogP contribution in [0.1, 0.15) is 20.8 Å². The molecule has 0 saturated heterocycles. The molecule has 0 saturated carbocycles. The number of ether oxygens (including phenoxy) is 1. The van der Waals surface area contributed by atoms with Crippen molar-refractivity contribution >= 4 is 11.9 Å². The maximum atomic E-state index is 11.1. The van der Waals surface area contributed by atoms with Crippen LogP contribution in [0.3, 0.4) is 0 Å². The van der Waals surface area contributed by atoms with Crippen molar-refractivity contribution in [3.05, 3.63) is 0 Å². The van der Waals surface area contributed by atoms with E-state index in [9.17, 15) is 9.59 Å². The number of amides is 1. The van der Waals surface area contributed by atoms with Crippen molar-refractivity contribution < 1.29 is 19.4 Å². The molecule has 5 heteroatoms. The molecule has 1 unspecified atom stereocenters. The molecule has 1 atom stereocenters. The maximum Gasteiger partial charge on any atom is 0.326 e. The van der Waals surface area contributed by atoms with Gasteiger partial charge in [-0.1, -0.05) is 20.8 Å². The Morgan fingerprint density at radius 1 is 1.43 bits per heavy atom. The summed E-state index contributed by atoms with van der Waals surface area (Å²) >= 11 is 0. The van der Waals surface area contributed by atoms with Crippen molar-refractivity contribution in [1.82, 2.24) is 5.32 Å². The third kappa shape index (κ3) is 4.23. The number of methoxy groups -OCH3 is 1. The number of carboxylic acid groups (broad SMARTS) is 1. The molecule has 0 aliphatic rings. The van der Waals surface area contributed by atoms with E-state index in [1.165, 1.54) is 7.11 Å². The summed E-state index contributed by atoms with van der Waals surface area (Å²) in [6.45, 7) is 5.12. The number of aliphatic carboxylic acids is 1. The van der Waals surface area contributed by atoms with E-state index in [1.807, 2.05) is 0 Å². The smallest absolute Gasteiger partial charge is 0.326 e. The van der Waals surface area contributed by atoms with Gasteiger partial charge in [0.2, 0.25) is 5.91 Å². The van der Waals surface area contributed by atoms with Gasteiger partial charge in [0.25, 0.3) is 0 Å². The van der Waals surface area contributed by atoms with E-state index in [0.29, 0.717) is 0 Å². The predicted molar refractivity (Wildman–Crippen MR) is 50.9 cm³/mol. The van der Waals surface area contributed by atoms with Crippen molar-refractivity contribution in [2.45, 2.75) is 26.8 Å².